The van der Waals surface area contributed by atoms with Gasteiger partial charge < -0.3 is 19.9 Å². The fourth-order valence-corrected chi connectivity index (χ4v) is 3.02. The topological polar surface area (TPSA) is 61.9 Å². The van der Waals surface area contributed by atoms with Gasteiger partial charge in [-0.15, -0.1) is 0 Å². The summed E-state index contributed by atoms with van der Waals surface area (Å²) in [6, 6.07) is 12.3. The van der Waals surface area contributed by atoms with Gasteiger partial charge in [-0.25, -0.2) is 9.18 Å². The zero-order chi connectivity index (χ0) is 19.9. The predicted octanol–water partition coefficient (Wildman–Crippen LogP) is 3.62. The number of nitrogens with one attached hydrogen (secondary N) is 1. The van der Waals surface area contributed by atoms with Crippen LogP contribution in [-0.4, -0.2) is 54.5 Å². The summed E-state index contributed by atoms with van der Waals surface area (Å²) in [6.45, 7) is 1.76. The van der Waals surface area contributed by atoms with E-state index in [1.165, 1.54) is 18.2 Å². The molecule has 3 rings (SSSR count). The largest absolute Gasteiger partial charge is 0.484 e. The second-order valence-corrected chi connectivity index (χ2v) is 6.84. The molecule has 0 aromatic heterocycles. The molecule has 3 amide bonds. The predicted molar refractivity (Wildman–Crippen MR) is 105 cm³/mol. The van der Waals surface area contributed by atoms with E-state index in [0.29, 0.717) is 49.1 Å². The van der Waals surface area contributed by atoms with Crippen molar-refractivity contribution in [2.24, 2.45) is 0 Å². The van der Waals surface area contributed by atoms with E-state index >= 15 is 0 Å². The number of benzene rings is 2. The van der Waals surface area contributed by atoms with Gasteiger partial charge in [0.1, 0.15) is 11.6 Å². The molecule has 8 heteroatoms. The minimum absolute atomic E-state index is 0.166. The zero-order valence-electron chi connectivity index (χ0n) is 15.2. The van der Waals surface area contributed by atoms with Crippen molar-refractivity contribution in [3.05, 3.63) is 59.4 Å². The lowest BCUT2D eigenvalue weighted by Gasteiger charge is -2.22. The second kappa shape index (κ2) is 9.41. The van der Waals surface area contributed by atoms with Gasteiger partial charge in [-0.1, -0.05) is 17.7 Å². The van der Waals surface area contributed by atoms with Crippen molar-refractivity contribution in [1.82, 2.24) is 9.80 Å². The molecule has 1 aliphatic rings. The molecule has 6 nitrogen and oxygen atoms in total. The van der Waals surface area contributed by atoms with Crippen LogP contribution >= 0.6 is 11.6 Å². The number of rotatable bonds is 4. The molecule has 0 atom stereocenters. The number of anilines is 1. The van der Waals surface area contributed by atoms with Crippen LogP contribution in [0.3, 0.4) is 0 Å². The van der Waals surface area contributed by atoms with Crippen LogP contribution in [0.25, 0.3) is 0 Å². The smallest absolute Gasteiger partial charge is 0.321 e. The van der Waals surface area contributed by atoms with Gasteiger partial charge in [0.25, 0.3) is 5.91 Å². The van der Waals surface area contributed by atoms with E-state index < -0.39 is 5.82 Å². The fourth-order valence-electron chi connectivity index (χ4n) is 2.90. The van der Waals surface area contributed by atoms with Crippen molar-refractivity contribution in [3.63, 3.8) is 0 Å². The van der Waals surface area contributed by atoms with Gasteiger partial charge in [-0.3, -0.25) is 4.79 Å². The maximum atomic E-state index is 13.2. The Morgan fingerprint density at radius 3 is 2.50 bits per heavy atom. The summed E-state index contributed by atoms with van der Waals surface area (Å²) in [6.07, 6.45) is 0.666. The Labute approximate surface area is 167 Å². The Balaban J connectivity index is 1.48. The Morgan fingerprint density at radius 1 is 1.04 bits per heavy atom. The van der Waals surface area contributed by atoms with Gasteiger partial charge in [0.05, 0.1) is 0 Å². The van der Waals surface area contributed by atoms with E-state index in [0.717, 1.165) is 0 Å². The normalized spacial score (nSPS) is 14.4. The average Bonchev–Trinajstić information content (AvgIpc) is 2.94. The molecule has 0 saturated carbocycles. The molecule has 0 radical (unpaired) electrons. The highest BCUT2D eigenvalue weighted by molar-refractivity contribution is 6.30. The summed E-state index contributed by atoms with van der Waals surface area (Å²) in [5.41, 5.74) is 0.662. The van der Waals surface area contributed by atoms with Crippen molar-refractivity contribution in [2.45, 2.75) is 6.42 Å². The minimum atomic E-state index is -0.415. The third-order valence-electron chi connectivity index (χ3n) is 4.39. The van der Waals surface area contributed by atoms with Gasteiger partial charge >= 0.3 is 6.03 Å². The number of hydrogen-bond donors (Lipinski definition) is 1. The Bertz CT molecular complexity index is 832. The van der Waals surface area contributed by atoms with Crippen LogP contribution in [-0.2, 0) is 4.79 Å². The summed E-state index contributed by atoms with van der Waals surface area (Å²) in [5, 5.41) is 3.43. The Morgan fingerprint density at radius 2 is 1.75 bits per heavy atom. The first-order valence-electron chi connectivity index (χ1n) is 8.99. The highest BCUT2D eigenvalue weighted by Gasteiger charge is 2.22. The average molecular weight is 406 g/mol. The number of amides is 3. The van der Waals surface area contributed by atoms with Crippen LogP contribution in [0.4, 0.5) is 14.9 Å². The van der Waals surface area contributed by atoms with Crippen LogP contribution in [0.15, 0.2) is 48.5 Å². The van der Waals surface area contributed by atoms with Crippen LogP contribution in [0.2, 0.25) is 5.02 Å². The number of hydrogen-bond acceptors (Lipinski definition) is 3. The van der Waals surface area contributed by atoms with Crippen molar-refractivity contribution < 1.29 is 18.7 Å². The fraction of sp³-hybridized carbons (Fsp3) is 0.300. The SMILES string of the molecule is O=C(COc1cccc(F)c1)N1CCCN(C(=O)Nc2ccc(Cl)cc2)CC1. The van der Waals surface area contributed by atoms with Gasteiger partial charge in [-0.2, -0.15) is 0 Å². The van der Waals surface area contributed by atoms with Crippen molar-refractivity contribution in [1.29, 1.82) is 0 Å². The van der Waals surface area contributed by atoms with E-state index in [-0.39, 0.29) is 18.5 Å². The molecule has 148 valence electrons. The van der Waals surface area contributed by atoms with E-state index in [4.69, 9.17) is 16.3 Å². The molecule has 1 heterocycles. The van der Waals surface area contributed by atoms with Crippen LogP contribution in [0.5, 0.6) is 5.75 Å². The molecule has 0 spiro atoms. The lowest BCUT2D eigenvalue weighted by atomic mass is 10.3. The number of carbonyl (C=O) groups is 2. The third kappa shape index (κ3) is 5.60. The second-order valence-electron chi connectivity index (χ2n) is 6.40. The molecule has 1 aliphatic heterocycles. The van der Waals surface area contributed by atoms with Gasteiger partial charge in [-0.05, 0) is 42.8 Å². The Hall–Kier alpha value is -2.80. The molecule has 0 aliphatic carbocycles. The number of halogens is 2. The highest BCUT2D eigenvalue weighted by atomic mass is 35.5. The molecule has 1 saturated heterocycles. The van der Waals surface area contributed by atoms with Gasteiger partial charge in [0.15, 0.2) is 6.61 Å². The quantitative estimate of drug-likeness (QED) is 0.845. The summed E-state index contributed by atoms with van der Waals surface area (Å²) < 4.78 is 18.5. The number of nitrogens with zero attached hydrogens (tertiary/aromatic N) is 2. The van der Waals surface area contributed by atoms with E-state index in [2.05, 4.69) is 5.32 Å². The number of ether oxygens (including phenoxy) is 1. The first-order chi connectivity index (χ1) is 13.5. The molecular weight excluding hydrogens is 385 g/mol. The first kappa shape index (κ1) is 19.9. The molecule has 1 N–H and O–H groups in total. The Kier molecular flexibility index (Phi) is 6.71. The van der Waals surface area contributed by atoms with Gasteiger partial charge in [0.2, 0.25) is 0 Å². The lowest BCUT2D eigenvalue weighted by molar-refractivity contribution is -0.133. The van der Waals surface area contributed by atoms with Crippen LogP contribution < -0.4 is 10.1 Å². The lowest BCUT2D eigenvalue weighted by Crippen LogP contribution is -2.40. The third-order valence-corrected chi connectivity index (χ3v) is 4.64. The summed E-state index contributed by atoms with van der Waals surface area (Å²) in [7, 11) is 0. The molecule has 0 unspecified atom stereocenters. The van der Waals surface area contributed by atoms with E-state index in [1.807, 2.05) is 0 Å². The number of carbonyl (C=O) groups excluding carboxylic acids is 2. The highest BCUT2D eigenvalue weighted by Crippen LogP contribution is 2.15. The summed E-state index contributed by atoms with van der Waals surface area (Å²) in [4.78, 5) is 28.2. The molecular formula is C20H21ClFN3O3. The summed E-state index contributed by atoms with van der Waals surface area (Å²) in [5.74, 6) is -0.293. The number of urea groups is 1. The molecule has 28 heavy (non-hydrogen) atoms. The standard InChI is InChI=1S/C20H21ClFN3O3/c21-15-5-7-17(8-6-15)23-20(27)25-10-2-9-24(11-12-25)19(26)14-28-18-4-1-3-16(22)13-18/h1,3-8,13H,2,9-12,14H2,(H,23,27). The maximum absolute atomic E-state index is 13.2. The van der Waals surface area contributed by atoms with Crippen molar-refractivity contribution in [3.8, 4) is 5.75 Å². The monoisotopic (exact) mass is 405 g/mol. The molecule has 2 aromatic rings. The van der Waals surface area contributed by atoms with Crippen LogP contribution in [0, 0.1) is 5.82 Å². The van der Waals surface area contributed by atoms with Crippen LogP contribution in [0.1, 0.15) is 6.42 Å². The molecule has 0 bridgehead atoms. The van der Waals surface area contributed by atoms with Gasteiger partial charge in [0, 0.05) is 43.0 Å². The zero-order valence-corrected chi connectivity index (χ0v) is 16.0. The van der Waals surface area contributed by atoms with Crippen molar-refractivity contribution >= 4 is 29.2 Å². The van der Waals surface area contributed by atoms with E-state index in [1.54, 1.807) is 40.1 Å². The van der Waals surface area contributed by atoms with Crippen molar-refractivity contribution in [2.75, 3.05) is 38.1 Å². The molecule has 1 fully saturated rings. The summed E-state index contributed by atoms with van der Waals surface area (Å²) >= 11 is 5.85. The minimum Gasteiger partial charge on any atom is -0.484 e. The first-order valence-corrected chi connectivity index (χ1v) is 9.37. The maximum Gasteiger partial charge on any atom is 0.321 e. The molecule has 2 aromatic carbocycles. The van der Waals surface area contributed by atoms with E-state index in [9.17, 15) is 14.0 Å².